The average Bonchev–Trinajstić information content (AvgIpc) is 3.09. The summed E-state index contributed by atoms with van der Waals surface area (Å²) in [6.07, 6.45) is 3.66. The van der Waals surface area contributed by atoms with Crippen LogP contribution in [0.3, 0.4) is 0 Å². The van der Waals surface area contributed by atoms with Gasteiger partial charge in [0, 0.05) is 36.6 Å². The van der Waals surface area contributed by atoms with Crippen LogP contribution in [-0.4, -0.2) is 34.4 Å². The van der Waals surface area contributed by atoms with Gasteiger partial charge in [-0.15, -0.1) is 0 Å². The van der Waals surface area contributed by atoms with E-state index in [1.54, 1.807) is 13.3 Å². The molecule has 1 aliphatic heterocycles. The molecule has 8 heteroatoms. The number of rotatable bonds is 5. The second-order valence-corrected chi connectivity index (χ2v) is 9.80. The third kappa shape index (κ3) is 4.43. The van der Waals surface area contributed by atoms with Crippen molar-refractivity contribution in [2.45, 2.75) is 40.4 Å². The Balaban J connectivity index is 1.73. The summed E-state index contributed by atoms with van der Waals surface area (Å²) in [5.41, 5.74) is 12.3. The first-order chi connectivity index (χ1) is 15.5. The molecule has 3 heterocycles. The second kappa shape index (κ2) is 8.19. The third-order valence-electron chi connectivity index (χ3n) is 5.82. The molecule has 1 aromatic carbocycles. The number of benzene rings is 1. The summed E-state index contributed by atoms with van der Waals surface area (Å²) in [5.74, 6) is 1.15. The van der Waals surface area contributed by atoms with E-state index in [0.717, 1.165) is 52.0 Å². The molecule has 4 N–H and O–H groups in total. The molecule has 0 spiro atoms. The standard InChI is InChI=1S/C25H33N7O/c1-15-10-18-12-29-25(26,31-22(18)23(30-15)28-14-24(3,4)5)19-9-8-17(11-21(19)33-7)20-13-27-16(2)32(20)6/h8-13,31H,14,26H2,1-7H3,(H,28,30). The van der Waals surface area contributed by atoms with Gasteiger partial charge in [0.05, 0.1) is 30.3 Å². The molecule has 1 unspecified atom stereocenters. The van der Waals surface area contributed by atoms with E-state index in [1.165, 1.54) is 0 Å². The van der Waals surface area contributed by atoms with E-state index in [2.05, 4.69) is 41.4 Å². The number of imidazole rings is 1. The number of hydrogen-bond donors (Lipinski definition) is 3. The number of ether oxygens (including phenoxy) is 1. The summed E-state index contributed by atoms with van der Waals surface area (Å²) >= 11 is 0. The Morgan fingerprint density at radius 2 is 1.97 bits per heavy atom. The molecule has 3 aromatic rings. The van der Waals surface area contributed by atoms with Crippen LogP contribution in [0.2, 0.25) is 0 Å². The van der Waals surface area contributed by atoms with Gasteiger partial charge in [-0.2, -0.15) is 0 Å². The van der Waals surface area contributed by atoms with Crippen LogP contribution < -0.4 is 21.1 Å². The van der Waals surface area contributed by atoms with Gasteiger partial charge in [0.2, 0.25) is 5.79 Å². The first-order valence-corrected chi connectivity index (χ1v) is 11.1. The lowest BCUT2D eigenvalue weighted by Gasteiger charge is -2.34. The lowest BCUT2D eigenvalue weighted by Crippen LogP contribution is -2.45. The van der Waals surface area contributed by atoms with Crippen molar-refractivity contribution in [3.05, 3.63) is 53.1 Å². The Morgan fingerprint density at radius 3 is 2.61 bits per heavy atom. The van der Waals surface area contributed by atoms with Gasteiger partial charge in [-0.25, -0.2) is 15.0 Å². The van der Waals surface area contributed by atoms with E-state index in [-0.39, 0.29) is 5.41 Å². The fourth-order valence-corrected chi connectivity index (χ4v) is 3.88. The van der Waals surface area contributed by atoms with Gasteiger partial charge in [0.1, 0.15) is 11.6 Å². The predicted molar refractivity (Wildman–Crippen MR) is 134 cm³/mol. The smallest absolute Gasteiger partial charge is 0.212 e. The number of aryl methyl sites for hydroxylation is 2. The summed E-state index contributed by atoms with van der Waals surface area (Å²) < 4.78 is 7.79. The van der Waals surface area contributed by atoms with Gasteiger partial charge >= 0.3 is 0 Å². The lowest BCUT2D eigenvalue weighted by atomic mass is 9.97. The molecule has 0 amide bonds. The largest absolute Gasteiger partial charge is 0.496 e. The van der Waals surface area contributed by atoms with Crippen LogP contribution in [0.5, 0.6) is 5.75 Å². The zero-order chi connectivity index (χ0) is 24.0. The van der Waals surface area contributed by atoms with Crippen molar-refractivity contribution >= 4 is 17.7 Å². The number of fused-ring (bicyclic) bond motifs is 1. The maximum Gasteiger partial charge on any atom is 0.212 e. The zero-order valence-corrected chi connectivity index (χ0v) is 20.4. The molecule has 0 aliphatic carbocycles. The summed E-state index contributed by atoms with van der Waals surface area (Å²) in [4.78, 5) is 13.8. The van der Waals surface area contributed by atoms with Crippen molar-refractivity contribution in [1.29, 1.82) is 0 Å². The minimum absolute atomic E-state index is 0.101. The van der Waals surface area contributed by atoms with Crippen LogP contribution in [0, 0.1) is 19.3 Å². The van der Waals surface area contributed by atoms with Crippen molar-refractivity contribution in [3.63, 3.8) is 0 Å². The number of hydrogen-bond acceptors (Lipinski definition) is 7. The topological polar surface area (TPSA) is 102 Å². The highest BCUT2D eigenvalue weighted by Crippen LogP contribution is 2.39. The molecule has 0 radical (unpaired) electrons. The van der Waals surface area contributed by atoms with E-state index in [9.17, 15) is 0 Å². The Labute approximate surface area is 195 Å². The normalized spacial score (nSPS) is 17.5. The number of anilines is 2. The monoisotopic (exact) mass is 447 g/mol. The number of nitrogens with two attached hydrogens (primary N) is 1. The van der Waals surface area contributed by atoms with Crippen LogP contribution >= 0.6 is 0 Å². The van der Waals surface area contributed by atoms with Crippen molar-refractivity contribution in [2.75, 3.05) is 24.3 Å². The second-order valence-electron chi connectivity index (χ2n) is 9.80. The van der Waals surface area contributed by atoms with Gasteiger partial charge in [0.15, 0.2) is 5.82 Å². The average molecular weight is 448 g/mol. The number of nitrogens with zero attached hydrogens (tertiary/aromatic N) is 4. The molecule has 4 rings (SSSR count). The van der Waals surface area contributed by atoms with Crippen molar-refractivity contribution < 1.29 is 4.74 Å². The molecule has 0 saturated heterocycles. The third-order valence-corrected chi connectivity index (χ3v) is 5.82. The first kappa shape index (κ1) is 22.8. The molecule has 0 bridgehead atoms. The highest BCUT2D eigenvalue weighted by molar-refractivity contribution is 5.94. The predicted octanol–water partition coefficient (Wildman–Crippen LogP) is 4.18. The van der Waals surface area contributed by atoms with Crippen LogP contribution in [0.4, 0.5) is 11.5 Å². The van der Waals surface area contributed by atoms with E-state index in [4.69, 9.17) is 15.5 Å². The minimum atomic E-state index is -1.20. The molecule has 0 saturated carbocycles. The van der Waals surface area contributed by atoms with Crippen molar-refractivity contribution in [1.82, 2.24) is 14.5 Å². The molecule has 1 aliphatic rings. The van der Waals surface area contributed by atoms with E-state index >= 15 is 0 Å². The quantitative estimate of drug-likeness (QED) is 0.542. The van der Waals surface area contributed by atoms with Gasteiger partial charge in [-0.3, -0.25) is 5.73 Å². The maximum absolute atomic E-state index is 6.82. The van der Waals surface area contributed by atoms with Gasteiger partial charge in [-0.1, -0.05) is 26.8 Å². The van der Waals surface area contributed by atoms with Crippen LogP contribution in [0.1, 0.15) is 43.4 Å². The van der Waals surface area contributed by atoms with E-state index < -0.39 is 5.79 Å². The Hall–Kier alpha value is -3.39. The van der Waals surface area contributed by atoms with Crippen LogP contribution in [0.25, 0.3) is 11.3 Å². The first-order valence-electron chi connectivity index (χ1n) is 11.1. The molecule has 0 fully saturated rings. The van der Waals surface area contributed by atoms with E-state index in [0.29, 0.717) is 5.75 Å². The number of pyridine rings is 1. The highest BCUT2D eigenvalue weighted by atomic mass is 16.5. The Bertz CT molecular complexity index is 1220. The molecular formula is C25H33N7O. The highest BCUT2D eigenvalue weighted by Gasteiger charge is 2.34. The molecule has 174 valence electrons. The molecule has 8 nitrogen and oxygen atoms in total. The van der Waals surface area contributed by atoms with Crippen LogP contribution in [0.15, 0.2) is 35.5 Å². The van der Waals surface area contributed by atoms with E-state index in [1.807, 2.05) is 55.9 Å². The minimum Gasteiger partial charge on any atom is -0.496 e. The number of methoxy groups -OCH3 is 1. The molecule has 33 heavy (non-hydrogen) atoms. The van der Waals surface area contributed by atoms with Gasteiger partial charge in [0.25, 0.3) is 0 Å². The SMILES string of the molecule is COc1cc(-c2cnc(C)n2C)ccc1C1(N)N=Cc2cc(C)nc(NCC(C)(C)C)c2N1. The Kier molecular flexibility index (Phi) is 5.66. The lowest BCUT2D eigenvalue weighted by molar-refractivity contribution is 0.393. The summed E-state index contributed by atoms with van der Waals surface area (Å²) in [6, 6.07) is 7.94. The van der Waals surface area contributed by atoms with Crippen molar-refractivity contribution in [3.8, 4) is 17.0 Å². The number of aromatic nitrogens is 3. The Morgan fingerprint density at radius 1 is 1.21 bits per heavy atom. The molecule has 2 aromatic heterocycles. The van der Waals surface area contributed by atoms with Crippen LogP contribution in [-0.2, 0) is 12.8 Å². The number of aliphatic imine (C=N–C) groups is 1. The maximum atomic E-state index is 6.82. The zero-order valence-electron chi connectivity index (χ0n) is 20.4. The van der Waals surface area contributed by atoms with Crippen molar-refractivity contribution in [2.24, 2.45) is 23.2 Å². The van der Waals surface area contributed by atoms with Gasteiger partial charge < -0.3 is 19.9 Å². The molecule has 1 atom stereocenters. The summed E-state index contributed by atoms with van der Waals surface area (Å²) in [6.45, 7) is 11.3. The molecular weight excluding hydrogens is 414 g/mol. The van der Waals surface area contributed by atoms with Gasteiger partial charge in [-0.05, 0) is 37.5 Å². The summed E-state index contributed by atoms with van der Waals surface area (Å²) in [7, 11) is 3.63. The number of nitrogens with one attached hydrogen (secondary N) is 2. The summed E-state index contributed by atoms with van der Waals surface area (Å²) in [5, 5.41) is 6.91. The fourth-order valence-electron chi connectivity index (χ4n) is 3.88. The fraction of sp³-hybridized carbons (Fsp3) is 0.400.